The molecule has 2 fully saturated rings. The van der Waals surface area contributed by atoms with Gasteiger partial charge in [0.05, 0.1) is 5.56 Å². The van der Waals surface area contributed by atoms with Crippen molar-refractivity contribution in [1.29, 1.82) is 0 Å². The third-order valence-electron chi connectivity index (χ3n) is 7.57. The molecule has 186 valence electrons. The topological polar surface area (TPSA) is 65.9 Å². The number of piperazine rings is 1. The molecule has 1 aromatic carbocycles. The van der Waals surface area contributed by atoms with E-state index in [0.29, 0.717) is 50.5 Å². The summed E-state index contributed by atoms with van der Waals surface area (Å²) in [5, 5.41) is 0. The Morgan fingerprint density at radius 2 is 1.44 bits per heavy atom. The van der Waals surface area contributed by atoms with E-state index in [4.69, 9.17) is 0 Å². The summed E-state index contributed by atoms with van der Waals surface area (Å²) >= 11 is 0. The molecule has 34 heavy (non-hydrogen) atoms. The summed E-state index contributed by atoms with van der Waals surface area (Å²) in [6.07, 6.45) is 4.18. The van der Waals surface area contributed by atoms with Crippen LogP contribution in [-0.4, -0.2) is 67.4 Å². The van der Waals surface area contributed by atoms with Gasteiger partial charge in [-0.15, -0.1) is 0 Å². The summed E-state index contributed by atoms with van der Waals surface area (Å²) in [5.41, 5.74) is 5.27. The number of hydrogen-bond donors (Lipinski definition) is 0. The van der Waals surface area contributed by atoms with Crippen molar-refractivity contribution in [2.24, 2.45) is 7.05 Å². The van der Waals surface area contributed by atoms with E-state index in [1.807, 2.05) is 30.4 Å². The first-order chi connectivity index (χ1) is 16.1. The molecule has 2 saturated heterocycles. The number of likely N-dealkylation sites (tertiary alicyclic amines) is 1. The number of nitrogens with zero attached hydrogens (tertiary/aromatic N) is 4. The molecular weight excluding hydrogens is 448 g/mol. The number of aromatic nitrogens is 1. The van der Waals surface area contributed by atoms with Crippen molar-refractivity contribution in [1.82, 2.24) is 13.8 Å². The van der Waals surface area contributed by atoms with Gasteiger partial charge in [0, 0.05) is 63.4 Å². The molecular formula is C26H38N4O3S. The zero-order chi connectivity index (χ0) is 24.6. The number of amides is 1. The molecule has 0 spiro atoms. The summed E-state index contributed by atoms with van der Waals surface area (Å²) in [5.74, 6) is -0.143. The van der Waals surface area contributed by atoms with Crippen molar-refractivity contribution >= 4 is 21.6 Å². The van der Waals surface area contributed by atoms with Crippen molar-refractivity contribution in [2.45, 2.75) is 58.3 Å². The Hall–Kier alpha value is -2.32. The summed E-state index contributed by atoms with van der Waals surface area (Å²) in [4.78, 5) is 17.9. The Morgan fingerprint density at radius 1 is 0.824 bits per heavy atom. The number of aryl methyl sites for hydroxylation is 2. The highest BCUT2D eigenvalue weighted by Gasteiger charge is 2.37. The van der Waals surface area contributed by atoms with E-state index in [9.17, 15) is 13.2 Å². The van der Waals surface area contributed by atoms with E-state index < -0.39 is 10.0 Å². The molecule has 2 aliphatic rings. The molecule has 2 aromatic rings. The van der Waals surface area contributed by atoms with E-state index in [2.05, 4.69) is 36.9 Å². The second kappa shape index (κ2) is 9.74. The number of carbonyl (C=O) groups is 1. The van der Waals surface area contributed by atoms with Crippen LogP contribution in [0.5, 0.6) is 0 Å². The Bertz CT molecular complexity index is 1170. The van der Waals surface area contributed by atoms with Crippen LogP contribution in [0.4, 0.5) is 5.69 Å². The fourth-order valence-electron chi connectivity index (χ4n) is 5.27. The van der Waals surface area contributed by atoms with Crippen molar-refractivity contribution in [3.8, 4) is 0 Å². The molecule has 7 nitrogen and oxygen atoms in total. The van der Waals surface area contributed by atoms with Crippen LogP contribution in [0.15, 0.2) is 23.1 Å². The minimum atomic E-state index is -3.80. The minimum Gasteiger partial charge on any atom is -0.369 e. The smallest absolute Gasteiger partial charge is 0.257 e. The molecule has 0 aliphatic carbocycles. The molecule has 1 aromatic heterocycles. The third-order valence-corrected chi connectivity index (χ3v) is 9.63. The molecule has 1 amide bonds. The van der Waals surface area contributed by atoms with Gasteiger partial charge in [0.25, 0.3) is 5.91 Å². The maximum absolute atomic E-state index is 13.9. The molecule has 4 rings (SSSR count). The van der Waals surface area contributed by atoms with E-state index in [0.717, 1.165) is 31.4 Å². The Balaban J connectivity index is 1.62. The van der Waals surface area contributed by atoms with Crippen LogP contribution in [0.25, 0.3) is 0 Å². The van der Waals surface area contributed by atoms with Gasteiger partial charge in [0.15, 0.2) is 0 Å². The van der Waals surface area contributed by atoms with Gasteiger partial charge in [0.1, 0.15) is 4.90 Å². The van der Waals surface area contributed by atoms with Crippen LogP contribution >= 0.6 is 0 Å². The Labute approximate surface area is 204 Å². The van der Waals surface area contributed by atoms with Gasteiger partial charge in [-0.25, -0.2) is 8.42 Å². The first-order valence-electron chi connectivity index (χ1n) is 12.4. The van der Waals surface area contributed by atoms with Gasteiger partial charge in [0.2, 0.25) is 10.0 Å². The van der Waals surface area contributed by atoms with Gasteiger partial charge >= 0.3 is 0 Å². The van der Waals surface area contributed by atoms with Crippen LogP contribution in [0.2, 0.25) is 0 Å². The fraction of sp³-hybridized carbons (Fsp3) is 0.577. The van der Waals surface area contributed by atoms with Crippen LogP contribution in [0, 0.1) is 27.7 Å². The predicted molar refractivity (Wildman–Crippen MR) is 136 cm³/mol. The summed E-state index contributed by atoms with van der Waals surface area (Å²) in [6, 6.07) is 6.38. The highest BCUT2D eigenvalue weighted by atomic mass is 32.2. The van der Waals surface area contributed by atoms with Crippen molar-refractivity contribution < 1.29 is 13.2 Å². The minimum absolute atomic E-state index is 0.143. The van der Waals surface area contributed by atoms with Crippen molar-refractivity contribution in [2.75, 3.05) is 44.2 Å². The Kier molecular flexibility index (Phi) is 7.10. The summed E-state index contributed by atoms with van der Waals surface area (Å²) in [7, 11) is -1.95. The zero-order valence-corrected chi connectivity index (χ0v) is 22.0. The summed E-state index contributed by atoms with van der Waals surface area (Å²) in [6.45, 7) is 11.3. The molecule has 2 aliphatic heterocycles. The number of carbonyl (C=O) groups excluding carboxylic acids is 1. The SMILES string of the molecule is Cc1ccc(C)c(N2CCN(S(=O)(=O)c3c(C(=O)N4CCCCCC4)c(C)n(C)c3C)CC2)c1. The second-order valence-electron chi connectivity index (χ2n) is 9.82. The van der Waals surface area contributed by atoms with Gasteiger partial charge in [-0.3, -0.25) is 4.79 Å². The Morgan fingerprint density at radius 3 is 2.06 bits per heavy atom. The number of hydrogen-bond acceptors (Lipinski definition) is 4. The quantitative estimate of drug-likeness (QED) is 0.660. The lowest BCUT2D eigenvalue weighted by Gasteiger charge is -2.36. The van der Waals surface area contributed by atoms with E-state index in [1.165, 1.54) is 16.8 Å². The van der Waals surface area contributed by atoms with Crippen LogP contribution < -0.4 is 4.90 Å². The number of rotatable bonds is 4. The van der Waals surface area contributed by atoms with E-state index in [-0.39, 0.29) is 10.8 Å². The highest BCUT2D eigenvalue weighted by molar-refractivity contribution is 7.89. The molecule has 0 saturated carbocycles. The first-order valence-corrected chi connectivity index (χ1v) is 13.8. The molecule has 8 heteroatoms. The monoisotopic (exact) mass is 486 g/mol. The highest BCUT2D eigenvalue weighted by Crippen LogP contribution is 2.32. The van der Waals surface area contributed by atoms with E-state index >= 15 is 0 Å². The predicted octanol–water partition coefficient (Wildman–Crippen LogP) is 3.79. The first kappa shape index (κ1) is 24.8. The lowest BCUT2D eigenvalue weighted by molar-refractivity contribution is 0.0757. The van der Waals surface area contributed by atoms with Crippen LogP contribution in [-0.2, 0) is 17.1 Å². The van der Waals surface area contributed by atoms with E-state index in [1.54, 1.807) is 4.31 Å². The molecule has 0 atom stereocenters. The lowest BCUT2D eigenvalue weighted by Crippen LogP contribution is -2.49. The summed E-state index contributed by atoms with van der Waals surface area (Å²) < 4.78 is 31.3. The van der Waals surface area contributed by atoms with Gasteiger partial charge in [-0.1, -0.05) is 25.0 Å². The average molecular weight is 487 g/mol. The maximum atomic E-state index is 13.9. The standard InChI is InChI=1S/C26H38N4O3S/c1-19-10-11-20(2)23(18-19)28-14-16-30(17-15-28)34(32,33)25-22(4)27(5)21(3)24(25)26(31)29-12-8-6-7-9-13-29/h10-11,18H,6-9,12-17H2,1-5H3. The number of anilines is 1. The van der Waals surface area contributed by atoms with Gasteiger partial charge in [-0.05, 0) is 57.7 Å². The van der Waals surface area contributed by atoms with Crippen molar-refractivity contribution in [3.05, 3.63) is 46.3 Å². The number of sulfonamides is 1. The molecule has 0 bridgehead atoms. The molecule has 0 radical (unpaired) electrons. The number of benzene rings is 1. The normalized spacial score (nSPS) is 18.3. The second-order valence-corrected chi connectivity index (χ2v) is 11.7. The van der Waals surface area contributed by atoms with Gasteiger partial charge < -0.3 is 14.4 Å². The van der Waals surface area contributed by atoms with Crippen LogP contribution in [0.1, 0.15) is 58.6 Å². The van der Waals surface area contributed by atoms with Crippen LogP contribution in [0.3, 0.4) is 0 Å². The molecule has 3 heterocycles. The van der Waals surface area contributed by atoms with Crippen molar-refractivity contribution in [3.63, 3.8) is 0 Å². The average Bonchev–Trinajstić information content (AvgIpc) is 3.01. The lowest BCUT2D eigenvalue weighted by atomic mass is 10.1. The van der Waals surface area contributed by atoms with Gasteiger partial charge in [-0.2, -0.15) is 4.31 Å². The molecule has 0 N–H and O–H groups in total. The zero-order valence-electron chi connectivity index (χ0n) is 21.2. The third kappa shape index (κ3) is 4.50. The largest absolute Gasteiger partial charge is 0.369 e. The fourth-order valence-corrected chi connectivity index (χ4v) is 7.18. The molecule has 0 unspecified atom stereocenters. The maximum Gasteiger partial charge on any atom is 0.257 e.